The smallest absolute Gasteiger partial charge is 0.338 e. The number of nitro groups is 1. The minimum atomic E-state index is -1.27. The van der Waals surface area contributed by atoms with Crippen molar-refractivity contribution < 1.29 is 14.8 Å². The van der Waals surface area contributed by atoms with Crippen molar-refractivity contribution in [3.63, 3.8) is 0 Å². The van der Waals surface area contributed by atoms with Crippen molar-refractivity contribution in [3.05, 3.63) is 62.2 Å². The van der Waals surface area contributed by atoms with E-state index in [9.17, 15) is 20.0 Å². The third-order valence-electron chi connectivity index (χ3n) is 3.01. The Bertz CT molecular complexity index is 754. The van der Waals surface area contributed by atoms with Crippen LogP contribution in [0.15, 0.2) is 30.3 Å². The maximum atomic E-state index is 11.3. The van der Waals surface area contributed by atoms with E-state index in [-0.39, 0.29) is 16.3 Å². The molecule has 0 aliphatic carbocycles. The fourth-order valence-corrected chi connectivity index (χ4v) is 2.42. The van der Waals surface area contributed by atoms with Gasteiger partial charge in [0.15, 0.2) is 0 Å². The second-order valence-corrected chi connectivity index (χ2v) is 5.32. The summed E-state index contributed by atoms with van der Waals surface area (Å²) < 4.78 is 0. The van der Waals surface area contributed by atoms with Crippen molar-refractivity contribution in [3.8, 4) is 0 Å². The number of nitrogens with zero attached hydrogens (tertiary/aromatic N) is 1. The number of halogens is 1. The number of carboxylic acids is 1. The Morgan fingerprint density at radius 2 is 1.77 bits per heavy atom. The molecule has 0 amide bonds. The van der Waals surface area contributed by atoms with Gasteiger partial charge in [0, 0.05) is 11.8 Å². The van der Waals surface area contributed by atoms with Crippen LogP contribution in [0.4, 0.5) is 17.1 Å². The van der Waals surface area contributed by atoms with E-state index in [0.29, 0.717) is 5.69 Å². The van der Waals surface area contributed by atoms with Crippen LogP contribution in [0.1, 0.15) is 21.5 Å². The van der Waals surface area contributed by atoms with E-state index < -0.39 is 16.6 Å². The summed E-state index contributed by atoms with van der Waals surface area (Å²) in [7, 11) is 0. The van der Waals surface area contributed by atoms with Gasteiger partial charge in [0.05, 0.1) is 16.2 Å². The van der Waals surface area contributed by atoms with Gasteiger partial charge in [0.25, 0.3) is 5.69 Å². The monoisotopic (exact) mass is 320 g/mol. The van der Waals surface area contributed by atoms with Crippen molar-refractivity contribution in [2.75, 3.05) is 5.32 Å². The second-order valence-electron chi connectivity index (χ2n) is 4.91. The van der Waals surface area contributed by atoms with Crippen LogP contribution < -0.4 is 5.32 Å². The fraction of sp³-hybridized carbons (Fsp3) is 0.133. The summed E-state index contributed by atoms with van der Waals surface area (Å²) in [6, 6.07) is 7.87. The molecule has 0 atom stereocenters. The van der Waals surface area contributed by atoms with Crippen LogP contribution in [0.3, 0.4) is 0 Å². The first-order chi connectivity index (χ1) is 10.3. The van der Waals surface area contributed by atoms with Crippen LogP contribution in [-0.4, -0.2) is 16.0 Å². The van der Waals surface area contributed by atoms with Gasteiger partial charge in [-0.25, -0.2) is 4.79 Å². The molecule has 6 nitrogen and oxygen atoms in total. The van der Waals surface area contributed by atoms with E-state index in [4.69, 9.17) is 11.6 Å². The van der Waals surface area contributed by atoms with Crippen molar-refractivity contribution in [1.82, 2.24) is 0 Å². The maximum absolute atomic E-state index is 11.3. The topological polar surface area (TPSA) is 92.5 Å². The van der Waals surface area contributed by atoms with Gasteiger partial charge in [0.1, 0.15) is 5.02 Å². The summed E-state index contributed by atoms with van der Waals surface area (Å²) in [5.41, 5.74) is 2.25. The molecule has 0 aliphatic rings. The molecule has 0 saturated heterocycles. The molecule has 2 rings (SSSR count). The Morgan fingerprint density at radius 3 is 2.27 bits per heavy atom. The highest BCUT2D eigenvalue weighted by atomic mass is 35.5. The number of hydrogen-bond acceptors (Lipinski definition) is 4. The van der Waals surface area contributed by atoms with Gasteiger partial charge in [-0.15, -0.1) is 0 Å². The highest BCUT2D eigenvalue weighted by Crippen LogP contribution is 2.33. The van der Waals surface area contributed by atoms with Gasteiger partial charge in [-0.1, -0.05) is 17.7 Å². The third-order valence-corrected chi connectivity index (χ3v) is 3.32. The largest absolute Gasteiger partial charge is 0.478 e. The standard InChI is InChI=1S/C15H13ClN2O4/c1-8-3-9(2)5-10(4-8)17-13-7-12(16)14(18(21)22)6-11(13)15(19)20/h3-7,17H,1-2H3,(H,19,20). The number of anilines is 2. The van der Waals surface area contributed by atoms with Crippen LogP contribution in [0.25, 0.3) is 0 Å². The molecule has 0 aliphatic heterocycles. The lowest BCUT2D eigenvalue weighted by molar-refractivity contribution is -0.384. The van der Waals surface area contributed by atoms with Gasteiger partial charge < -0.3 is 10.4 Å². The van der Waals surface area contributed by atoms with E-state index in [1.54, 1.807) is 0 Å². The molecule has 2 aromatic rings. The number of carboxylic acid groups (broad SMARTS) is 1. The first-order valence-corrected chi connectivity index (χ1v) is 6.72. The average Bonchev–Trinajstić information content (AvgIpc) is 2.36. The number of hydrogen-bond donors (Lipinski definition) is 2. The van der Waals surface area contributed by atoms with E-state index in [1.165, 1.54) is 6.07 Å². The molecule has 114 valence electrons. The lowest BCUT2D eigenvalue weighted by atomic mass is 10.1. The summed E-state index contributed by atoms with van der Waals surface area (Å²) >= 11 is 5.86. The Hall–Kier alpha value is -2.60. The SMILES string of the molecule is Cc1cc(C)cc(Nc2cc(Cl)c([N+](=O)[O-])cc2C(=O)O)c1. The number of rotatable bonds is 4. The number of nitrogens with one attached hydrogen (secondary N) is 1. The Kier molecular flexibility index (Phi) is 4.32. The lowest BCUT2D eigenvalue weighted by Gasteiger charge is -2.12. The van der Waals surface area contributed by atoms with Crippen molar-refractivity contribution >= 4 is 34.6 Å². The molecule has 0 unspecified atom stereocenters. The fourth-order valence-electron chi connectivity index (χ4n) is 2.18. The normalized spacial score (nSPS) is 10.3. The van der Waals surface area contributed by atoms with Gasteiger partial charge >= 0.3 is 5.97 Å². The summed E-state index contributed by atoms with van der Waals surface area (Å²) in [6.45, 7) is 3.83. The van der Waals surface area contributed by atoms with E-state index >= 15 is 0 Å². The molecule has 2 aromatic carbocycles. The molecule has 0 heterocycles. The predicted octanol–water partition coefficient (Wildman–Crippen LogP) is 4.31. The minimum Gasteiger partial charge on any atom is -0.478 e. The maximum Gasteiger partial charge on any atom is 0.338 e. The third kappa shape index (κ3) is 3.35. The molecule has 7 heteroatoms. The van der Waals surface area contributed by atoms with Gasteiger partial charge in [-0.3, -0.25) is 10.1 Å². The molecular formula is C15H13ClN2O4. The number of benzene rings is 2. The minimum absolute atomic E-state index is 0.123. The zero-order valence-electron chi connectivity index (χ0n) is 11.9. The van der Waals surface area contributed by atoms with Crippen LogP contribution in [-0.2, 0) is 0 Å². The van der Waals surface area contributed by atoms with Crippen LogP contribution in [0, 0.1) is 24.0 Å². The van der Waals surface area contributed by atoms with E-state index in [1.807, 2.05) is 32.0 Å². The van der Waals surface area contributed by atoms with Crippen molar-refractivity contribution in [2.24, 2.45) is 0 Å². The highest BCUT2D eigenvalue weighted by Gasteiger charge is 2.20. The number of carbonyl (C=O) groups is 1. The number of nitro benzene ring substituents is 1. The number of aryl methyl sites for hydroxylation is 2. The van der Waals surface area contributed by atoms with Gasteiger partial charge in [-0.2, -0.15) is 0 Å². The molecular weight excluding hydrogens is 308 g/mol. The molecule has 0 aromatic heterocycles. The zero-order chi connectivity index (χ0) is 16.4. The molecule has 0 bridgehead atoms. The molecule has 0 fully saturated rings. The second kappa shape index (κ2) is 6.03. The molecule has 0 radical (unpaired) electrons. The molecule has 0 spiro atoms. The van der Waals surface area contributed by atoms with Crippen LogP contribution >= 0.6 is 11.6 Å². The quantitative estimate of drug-likeness (QED) is 0.647. The predicted molar refractivity (Wildman–Crippen MR) is 84.3 cm³/mol. The summed E-state index contributed by atoms with van der Waals surface area (Å²) in [6.07, 6.45) is 0. The molecule has 2 N–H and O–H groups in total. The highest BCUT2D eigenvalue weighted by molar-refractivity contribution is 6.33. The Balaban J connectivity index is 2.52. The Labute approximate surface area is 131 Å². The first-order valence-electron chi connectivity index (χ1n) is 6.34. The number of aromatic carboxylic acids is 1. The van der Waals surface area contributed by atoms with E-state index in [2.05, 4.69) is 5.32 Å². The Morgan fingerprint density at radius 1 is 1.18 bits per heavy atom. The summed E-state index contributed by atoms with van der Waals surface area (Å²) in [5.74, 6) is -1.27. The lowest BCUT2D eigenvalue weighted by Crippen LogP contribution is -2.05. The van der Waals surface area contributed by atoms with Gasteiger partial charge in [-0.05, 0) is 43.2 Å². The van der Waals surface area contributed by atoms with Crippen molar-refractivity contribution in [1.29, 1.82) is 0 Å². The van der Waals surface area contributed by atoms with Crippen LogP contribution in [0.2, 0.25) is 5.02 Å². The molecule has 22 heavy (non-hydrogen) atoms. The van der Waals surface area contributed by atoms with Crippen molar-refractivity contribution in [2.45, 2.75) is 13.8 Å². The summed E-state index contributed by atoms with van der Waals surface area (Å²) in [5, 5.41) is 22.9. The summed E-state index contributed by atoms with van der Waals surface area (Å²) in [4.78, 5) is 21.5. The molecule has 0 saturated carbocycles. The average molecular weight is 321 g/mol. The van der Waals surface area contributed by atoms with Gasteiger partial charge in [0.2, 0.25) is 0 Å². The van der Waals surface area contributed by atoms with E-state index in [0.717, 1.165) is 17.2 Å². The first kappa shape index (κ1) is 15.8. The zero-order valence-corrected chi connectivity index (χ0v) is 12.6. The van der Waals surface area contributed by atoms with Crippen LogP contribution in [0.5, 0.6) is 0 Å².